The number of benzene rings is 1. The van der Waals surface area contributed by atoms with Gasteiger partial charge in [-0.05, 0) is 18.1 Å². The first-order chi connectivity index (χ1) is 8.24. The average Bonchev–Trinajstić information content (AvgIpc) is 2.37. The van der Waals surface area contributed by atoms with Gasteiger partial charge in [-0.2, -0.15) is 10.5 Å². The van der Waals surface area contributed by atoms with Crippen molar-refractivity contribution in [3.63, 3.8) is 0 Å². The Morgan fingerprint density at radius 1 is 1.24 bits per heavy atom. The summed E-state index contributed by atoms with van der Waals surface area (Å²) in [6.07, 6.45) is 0.823. The lowest BCUT2D eigenvalue weighted by Gasteiger charge is -2.23. The van der Waals surface area contributed by atoms with E-state index in [1.807, 2.05) is 31.2 Å². The maximum Gasteiger partial charge on any atom is 0.106 e. The summed E-state index contributed by atoms with van der Waals surface area (Å²) in [4.78, 5) is 1.74. The lowest BCUT2D eigenvalue weighted by atomic mass is 10.0. The summed E-state index contributed by atoms with van der Waals surface area (Å²) in [6.45, 7) is 2.41. The lowest BCUT2D eigenvalue weighted by molar-refractivity contribution is 0.695. The van der Waals surface area contributed by atoms with Crippen molar-refractivity contribution >= 4 is 5.69 Å². The Bertz CT molecular complexity index is 425. The number of nitrogens with two attached hydrogens (primary N) is 1. The molecule has 88 valence electrons. The third-order valence-corrected chi connectivity index (χ3v) is 2.64. The molecule has 17 heavy (non-hydrogen) atoms. The zero-order valence-corrected chi connectivity index (χ0v) is 9.93. The van der Waals surface area contributed by atoms with Crippen molar-refractivity contribution in [3.05, 3.63) is 29.8 Å². The van der Waals surface area contributed by atoms with Gasteiger partial charge in [0.2, 0.25) is 0 Å². The van der Waals surface area contributed by atoms with Gasteiger partial charge >= 0.3 is 0 Å². The minimum absolute atomic E-state index is 0.0638. The molecule has 0 aliphatic rings. The summed E-state index contributed by atoms with van der Waals surface area (Å²) in [5, 5.41) is 17.6. The summed E-state index contributed by atoms with van der Waals surface area (Å²) < 4.78 is 0. The number of hydrogen-bond donors (Lipinski definition) is 1. The first-order valence-electron chi connectivity index (χ1n) is 5.58. The van der Waals surface area contributed by atoms with E-state index < -0.39 is 0 Å². The van der Waals surface area contributed by atoms with Gasteiger partial charge in [-0.15, -0.1) is 0 Å². The van der Waals surface area contributed by atoms with Crippen LogP contribution in [0.2, 0.25) is 0 Å². The average molecular weight is 228 g/mol. The normalized spacial score (nSPS) is 11.3. The molecule has 1 rings (SSSR count). The molecule has 0 heterocycles. The summed E-state index contributed by atoms with van der Waals surface area (Å²) in [7, 11) is 0. The van der Waals surface area contributed by atoms with Gasteiger partial charge in [0, 0.05) is 11.7 Å². The smallest absolute Gasteiger partial charge is 0.106 e. The van der Waals surface area contributed by atoms with Crippen LogP contribution in [0, 0.1) is 22.7 Å². The molecule has 0 saturated heterocycles. The minimum atomic E-state index is -0.0638. The van der Waals surface area contributed by atoms with Gasteiger partial charge in [0.25, 0.3) is 0 Å². The van der Waals surface area contributed by atoms with Crippen LogP contribution in [0.5, 0.6) is 0 Å². The molecule has 0 spiro atoms. The standard InChI is InChI=1S/C13H16N4/c1-2-12(16)11-5-3-4-6-13(11)17(9-7-14)10-8-15/h3-6,12H,2,9-10,16H2,1H3. The third kappa shape index (κ3) is 3.21. The SMILES string of the molecule is CCC(N)c1ccccc1N(CC#N)CC#N. The molecule has 1 atom stereocenters. The van der Waals surface area contributed by atoms with E-state index in [9.17, 15) is 0 Å². The van der Waals surface area contributed by atoms with E-state index in [1.165, 1.54) is 0 Å². The van der Waals surface area contributed by atoms with Crippen LogP contribution < -0.4 is 10.6 Å². The fraction of sp³-hybridized carbons (Fsp3) is 0.385. The van der Waals surface area contributed by atoms with Crippen molar-refractivity contribution in [2.75, 3.05) is 18.0 Å². The molecule has 4 heteroatoms. The minimum Gasteiger partial charge on any atom is -0.345 e. The number of para-hydroxylation sites is 1. The van der Waals surface area contributed by atoms with Gasteiger partial charge < -0.3 is 10.6 Å². The first-order valence-corrected chi connectivity index (χ1v) is 5.58. The van der Waals surface area contributed by atoms with E-state index >= 15 is 0 Å². The van der Waals surface area contributed by atoms with Crippen molar-refractivity contribution in [2.24, 2.45) is 5.73 Å². The van der Waals surface area contributed by atoms with Gasteiger partial charge in [0.15, 0.2) is 0 Å². The largest absolute Gasteiger partial charge is 0.345 e. The van der Waals surface area contributed by atoms with E-state index in [0.717, 1.165) is 17.7 Å². The second kappa shape index (κ2) is 6.52. The van der Waals surface area contributed by atoms with Gasteiger partial charge in [-0.3, -0.25) is 0 Å². The number of nitriles is 2. The zero-order chi connectivity index (χ0) is 12.7. The predicted octanol–water partition coefficient (Wildman–Crippen LogP) is 1.95. The fourth-order valence-electron chi connectivity index (χ4n) is 1.71. The van der Waals surface area contributed by atoms with E-state index in [1.54, 1.807) is 4.90 Å². The quantitative estimate of drug-likeness (QED) is 0.781. The maximum atomic E-state index is 8.78. The molecule has 0 aliphatic heterocycles. The van der Waals surface area contributed by atoms with Crippen LogP contribution in [0.1, 0.15) is 24.9 Å². The lowest BCUT2D eigenvalue weighted by Crippen LogP contribution is -2.26. The Morgan fingerprint density at radius 2 is 1.82 bits per heavy atom. The van der Waals surface area contributed by atoms with Crippen LogP contribution in [0.4, 0.5) is 5.69 Å². The molecular formula is C13H16N4. The Hall–Kier alpha value is -2.04. The van der Waals surface area contributed by atoms with E-state index in [0.29, 0.717) is 0 Å². The van der Waals surface area contributed by atoms with Crippen molar-refractivity contribution in [1.82, 2.24) is 0 Å². The molecule has 1 unspecified atom stereocenters. The second-order valence-electron chi connectivity index (χ2n) is 3.75. The topological polar surface area (TPSA) is 76.8 Å². The molecule has 1 aromatic rings. The molecular weight excluding hydrogens is 212 g/mol. The van der Waals surface area contributed by atoms with Crippen LogP contribution in [0.25, 0.3) is 0 Å². The van der Waals surface area contributed by atoms with Crippen molar-refractivity contribution in [2.45, 2.75) is 19.4 Å². The first kappa shape index (κ1) is 13.0. The number of hydrogen-bond acceptors (Lipinski definition) is 4. The molecule has 1 aromatic carbocycles. The summed E-state index contributed by atoms with van der Waals surface area (Å²) in [5.74, 6) is 0. The van der Waals surface area contributed by atoms with Crippen molar-refractivity contribution < 1.29 is 0 Å². The van der Waals surface area contributed by atoms with Crippen molar-refractivity contribution in [1.29, 1.82) is 10.5 Å². The predicted molar refractivity (Wildman–Crippen MR) is 67.1 cm³/mol. The molecule has 0 radical (unpaired) electrons. The van der Waals surface area contributed by atoms with Crippen LogP contribution in [-0.4, -0.2) is 13.1 Å². The number of anilines is 1. The van der Waals surface area contributed by atoms with Gasteiger partial charge in [-0.1, -0.05) is 25.1 Å². The molecule has 2 N–H and O–H groups in total. The monoisotopic (exact) mass is 228 g/mol. The molecule has 0 fully saturated rings. The maximum absolute atomic E-state index is 8.78. The van der Waals surface area contributed by atoms with Gasteiger partial charge in [0.05, 0.1) is 12.1 Å². The van der Waals surface area contributed by atoms with Gasteiger partial charge in [-0.25, -0.2) is 0 Å². The highest BCUT2D eigenvalue weighted by molar-refractivity contribution is 5.56. The molecule has 0 saturated carbocycles. The summed E-state index contributed by atoms with van der Waals surface area (Å²) >= 11 is 0. The third-order valence-electron chi connectivity index (χ3n) is 2.64. The highest BCUT2D eigenvalue weighted by Gasteiger charge is 2.14. The summed E-state index contributed by atoms with van der Waals surface area (Å²) in [5.41, 5.74) is 7.90. The van der Waals surface area contributed by atoms with Crippen molar-refractivity contribution in [3.8, 4) is 12.1 Å². The number of rotatable bonds is 5. The Kier molecular flexibility index (Phi) is 5.00. The van der Waals surface area contributed by atoms with Crippen LogP contribution in [-0.2, 0) is 0 Å². The molecule has 0 bridgehead atoms. The van der Waals surface area contributed by atoms with E-state index in [2.05, 4.69) is 12.1 Å². The summed E-state index contributed by atoms with van der Waals surface area (Å²) in [6, 6.07) is 11.7. The molecule has 0 aliphatic carbocycles. The second-order valence-corrected chi connectivity index (χ2v) is 3.75. The highest BCUT2D eigenvalue weighted by atomic mass is 15.1. The molecule has 0 amide bonds. The highest BCUT2D eigenvalue weighted by Crippen LogP contribution is 2.26. The van der Waals surface area contributed by atoms with Crippen LogP contribution in [0.3, 0.4) is 0 Å². The Balaban J connectivity index is 3.10. The van der Waals surface area contributed by atoms with E-state index in [4.69, 9.17) is 16.3 Å². The molecule has 4 nitrogen and oxygen atoms in total. The number of nitrogens with zero attached hydrogens (tertiary/aromatic N) is 3. The van der Waals surface area contributed by atoms with Gasteiger partial charge in [0.1, 0.15) is 13.1 Å². The Morgan fingerprint density at radius 3 is 2.35 bits per heavy atom. The fourth-order valence-corrected chi connectivity index (χ4v) is 1.71. The molecule has 0 aromatic heterocycles. The Labute approximate surface area is 102 Å². The van der Waals surface area contributed by atoms with E-state index in [-0.39, 0.29) is 19.1 Å². The van der Waals surface area contributed by atoms with Crippen LogP contribution in [0.15, 0.2) is 24.3 Å². The van der Waals surface area contributed by atoms with Crippen LogP contribution >= 0.6 is 0 Å². The zero-order valence-electron chi connectivity index (χ0n) is 9.93.